The summed E-state index contributed by atoms with van der Waals surface area (Å²) in [5.41, 5.74) is 2.37. The molecule has 1 aromatic carbocycles. The Morgan fingerprint density at radius 2 is 2.25 bits per heavy atom. The molecule has 0 aliphatic heterocycles. The summed E-state index contributed by atoms with van der Waals surface area (Å²) in [7, 11) is 0. The van der Waals surface area contributed by atoms with Crippen LogP contribution in [0.4, 0.5) is 4.39 Å². The zero-order valence-electron chi connectivity index (χ0n) is 9.00. The average Bonchev–Trinajstić information content (AvgIpc) is 2.60. The van der Waals surface area contributed by atoms with Crippen molar-refractivity contribution >= 4 is 0 Å². The zero-order chi connectivity index (χ0) is 11.5. The van der Waals surface area contributed by atoms with Gasteiger partial charge >= 0.3 is 0 Å². The Labute approximate surface area is 93.0 Å². The zero-order valence-corrected chi connectivity index (χ0v) is 9.00. The molecule has 0 radical (unpaired) electrons. The maximum Gasteiger partial charge on any atom is 0.123 e. The van der Waals surface area contributed by atoms with Gasteiger partial charge in [0, 0.05) is 17.7 Å². The smallest absolute Gasteiger partial charge is 0.123 e. The maximum absolute atomic E-state index is 13.1. The van der Waals surface area contributed by atoms with Crippen LogP contribution >= 0.6 is 0 Å². The van der Waals surface area contributed by atoms with Crippen LogP contribution in [-0.4, -0.2) is 21.7 Å². The van der Waals surface area contributed by atoms with Crippen molar-refractivity contribution in [1.29, 1.82) is 0 Å². The van der Waals surface area contributed by atoms with Gasteiger partial charge in [0.15, 0.2) is 0 Å². The van der Waals surface area contributed by atoms with Crippen molar-refractivity contribution in [1.82, 2.24) is 9.97 Å². The Hall–Kier alpha value is -1.68. The Kier molecular flexibility index (Phi) is 3.01. The minimum Gasteiger partial charge on any atom is -0.396 e. The fourth-order valence-electron chi connectivity index (χ4n) is 1.66. The van der Waals surface area contributed by atoms with E-state index in [1.807, 2.05) is 13.0 Å². The van der Waals surface area contributed by atoms with Crippen LogP contribution in [0, 0.1) is 12.7 Å². The monoisotopic (exact) mass is 220 g/mol. The second-order valence-corrected chi connectivity index (χ2v) is 3.64. The molecule has 1 aromatic heterocycles. The minimum absolute atomic E-state index is 0.0511. The second-order valence-electron chi connectivity index (χ2n) is 3.64. The molecule has 2 aromatic rings. The van der Waals surface area contributed by atoms with Gasteiger partial charge in [-0.25, -0.2) is 9.37 Å². The normalized spacial score (nSPS) is 10.7. The first-order chi connectivity index (χ1) is 7.70. The van der Waals surface area contributed by atoms with Crippen LogP contribution < -0.4 is 0 Å². The molecule has 2 rings (SSSR count). The van der Waals surface area contributed by atoms with Crippen molar-refractivity contribution in [3.63, 3.8) is 0 Å². The van der Waals surface area contributed by atoms with Gasteiger partial charge in [-0.2, -0.15) is 0 Å². The number of halogens is 1. The fourth-order valence-corrected chi connectivity index (χ4v) is 1.66. The van der Waals surface area contributed by atoms with Crippen LogP contribution in [0.5, 0.6) is 0 Å². The van der Waals surface area contributed by atoms with E-state index in [9.17, 15) is 4.39 Å². The molecular formula is C12H13FN2O. The maximum atomic E-state index is 13.1. The van der Waals surface area contributed by atoms with E-state index in [1.54, 1.807) is 6.07 Å². The highest BCUT2D eigenvalue weighted by Gasteiger charge is 2.08. The van der Waals surface area contributed by atoms with E-state index >= 15 is 0 Å². The lowest BCUT2D eigenvalue weighted by Gasteiger charge is -1.97. The van der Waals surface area contributed by atoms with Crippen molar-refractivity contribution in [3.8, 4) is 11.3 Å². The van der Waals surface area contributed by atoms with Crippen molar-refractivity contribution in [2.24, 2.45) is 0 Å². The molecule has 84 valence electrons. The highest BCUT2D eigenvalue weighted by molar-refractivity contribution is 5.61. The van der Waals surface area contributed by atoms with Gasteiger partial charge in [-0.1, -0.05) is 12.1 Å². The number of rotatable bonds is 3. The predicted octanol–water partition coefficient (Wildman–Crippen LogP) is 2.06. The lowest BCUT2D eigenvalue weighted by atomic mass is 10.1. The molecule has 0 bridgehead atoms. The topological polar surface area (TPSA) is 48.9 Å². The van der Waals surface area contributed by atoms with Gasteiger partial charge < -0.3 is 10.1 Å². The third-order valence-electron chi connectivity index (χ3n) is 2.38. The van der Waals surface area contributed by atoms with Crippen LogP contribution in [0.1, 0.15) is 11.5 Å². The van der Waals surface area contributed by atoms with E-state index in [2.05, 4.69) is 9.97 Å². The summed E-state index contributed by atoms with van der Waals surface area (Å²) in [6, 6.07) is 6.32. The average molecular weight is 220 g/mol. The van der Waals surface area contributed by atoms with Gasteiger partial charge in [0.25, 0.3) is 0 Å². The molecule has 2 N–H and O–H groups in total. The van der Waals surface area contributed by atoms with E-state index in [0.29, 0.717) is 6.42 Å². The number of aromatic nitrogens is 2. The number of imidazole rings is 1. The Balaban J connectivity index is 2.40. The Morgan fingerprint density at radius 1 is 1.44 bits per heavy atom. The predicted molar refractivity (Wildman–Crippen MR) is 59.5 cm³/mol. The summed E-state index contributed by atoms with van der Waals surface area (Å²) in [4.78, 5) is 7.40. The summed E-state index contributed by atoms with van der Waals surface area (Å²) in [5, 5.41) is 8.81. The molecule has 0 aliphatic carbocycles. The van der Waals surface area contributed by atoms with Gasteiger partial charge in [-0.3, -0.25) is 0 Å². The second kappa shape index (κ2) is 4.45. The number of benzene rings is 1. The van der Waals surface area contributed by atoms with Crippen molar-refractivity contribution in [2.45, 2.75) is 13.3 Å². The lowest BCUT2D eigenvalue weighted by molar-refractivity contribution is 0.297. The number of aliphatic hydroxyl groups excluding tert-OH is 1. The molecule has 0 saturated carbocycles. The Morgan fingerprint density at radius 3 is 2.94 bits per heavy atom. The fraction of sp³-hybridized carbons (Fsp3) is 0.250. The number of aryl methyl sites for hydroxylation is 1. The highest BCUT2D eigenvalue weighted by atomic mass is 19.1. The van der Waals surface area contributed by atoms with Crippen molar-refractivity contribution < 1.29 is 9.50 Å². The van der Waals surface area contributed by atoms with Crippen molar-refractivity contribution in [3.05, 3.63) is 41.6 Å². The number of aliphatic hydroxyl groups is 1. The van der Waals surface area contributed by atoms with Gasteiger partial charge in [-0.15, -0.1) is 0 Å². The standard InChI is InChI=1S/C12H13FN2O/c1-8-12(15-11(14-8)5-6-16)9-3-2-4-10(13)7-9/h2-4,7,16H,5-6H2,1H3,(H,14,15). The third kappa shape index (κ3) is 2.12. The Bertz CT molecular complexity index is 494. The van der Waals surface area contributed by atoms with E-state index in [1.165, 1.54) is 12.1 Å². The van der Waals surface area contributed by atoms with Crippen LogP contribution in [-0.2, 0) is 6.42 Å². The van der Waals surface area contributed by atoms with Gasteiger partial charge in [0.05, 0.1) is 12.3 Å². The summed E-state index contributed by atoms with van der Waals surface area (Å²) in [6.45, 7) is 1.93. The number of nitrogens with one attached hydrogen (secondary N) is 1. The largest absolute Gasteiger partial charge is 0.396 e. The quantitative estimate of drug-likeness (QED) is 0.831. The molecule has 1 heterocycles. The first-order valence-electron chi connectivity index (χ1n) is 5.13. The number of nitrogens with zero attached hydrogens (tertiary/aromatic N) is 1. The van der Waals surface area contributed by atoms with Crippen LogP contribution in [0.15, 0.2) is 24.3 Å². The molecule has 0 spiro atoms. The third-order valence-corrected chi connectivity index (χ3v) is 2.38. The van der Waals surface area contributed by atoms with Crippen LogP contribution in [0.25, 0.3) is 11.3 Å². The SMILES string of the molecule is Cc1[nH]c(CCO)nc1-c1cccc(F)c1. The number of H-pyrrole nitrogens is 1. The summed E-state index contributed by atoms with van der Waals surface area (Å²) in [5.74, 6) is 0.447. The van der Waals surface area contributed by atoms with Gasteiger partial charge in [-0.05, 0) is 19.1 Å². The van der Waals surface area contributed by atoms with E-state index in [0.717, 1.165) is 22.8 Å². The number of hydrogen-bond donors (Lipinski definition) is 2. The van der Waals surface area contributed by atoms with Crippen LogP contribution in [0.3, 0.4) is 0 Å². The lowest BCUT2D eigenvalue weighted by Crippen LogP contribution is -1.92. The van der Waals surface area contributed by atoms with E-state index in [-0.39, 0.29) is 12.4 Å². The molecule has 0 fully saturated rings. The van der Waals surface area contributed by atoms with E-state index in [4.69, 9.17) is 5.11 Å². The van der Waals surface area contributed by atoms with E-state index < -0.39 is 0 Å². The van der Waals surface area contributed by atoms with Crippen molar-refractivity contribution in [2.75, 3.05) is 6.61 Å². The molecule has 0 atom stereocenters. The molecule has 4 heteroatoms. The first kappa shape index (κ1) is 10.8. The first-order valence-corrected chi connectivity index (χ1v) is 5.13. The van der Waals surface area contributed by atoms with Gasteiger partial charge in [0.2, 0.25) is 0 Å². The molecule has 0 aliphatic rings. The molecular weight excluding hydrogens is 207 g/mol. The molecule has 0 unspecified atom stereocenters. The molecule has 16 heavy (non-hydrogen) atoms. The number of hydrogen-bond acceptors (Lipinski definition) is 2. The molecule has 0 saturated heterocycles. The summed E-state index contributed by atoms with van der Waals surface area (Å²) >= 11 is 0. The minimum atomic E-state index is -0.274. The van der Waals surface area contributed by atoms with Gasteiger partial charge in [0.1, 0.15) is 11.6 Å². The number of aromatic amines is 1. The molecule has 0 amide bonds. The molecule has 3 nitrogen and oxygen atoms in total. The summed E-state index contributed by atoms with van der Waals surface area (Å²) in [6.07, 6.45) is 0.482. The summed E-state index contributed by atoms with van der Waals surface area (Å²) < 4.78 is 13.1. The van der Waals surface area contributed by atoms with Crippen LogP contribution in [0.2, 0.25) is 0 Å². The highest BCUT2D eigenvalue weighted by Crippen LogP contribution is 2.21.